The number of likely N-dealkylation sites (tertiary alicyclic amines) is 1. The molecule has 0 atom stereocenters. The van der Waals surface area contributed by atoms with Crippen LogP contribution in [0.15, 0.2) is 24.3 Å². The van der Waals surface area contributed by atoms with Crippen LogP contribution in [0.25, 0.3) is 22.3 Å². The minimum atomic E-state index is 0.551. The fraction of sp³-hybridized carbons (Fsp3) is 0.500. The second kappa shape index (κ2) is 8.04. The van der Waals surface area contributed by atoms with Crippen LogP contribution in [0, 0.1) is 0 Å². The highest BCUT2D eigenvalue weighted by Gasteiger charge is 2.28. The number of anilines is 2. The van der Waals surface area contributed by atoms with Crippen molar-refractivity contribution in [3.8, 4) is 11.3 Å². The lowest BCUT2D eigenvalue weighted by atomic mass is 10.00. The Balaban J connectivity index is 1.48. The zero-order chi connectivity index (χ0) is 20.7. The number of hydrogen-bond acceptors (Lipinski definition) is 6. The van der Waals surface area contributed by atoms with E-state index >= 15 is 0 Å². The summed E-state index contributed by atoms with van der Waals surface area (Å²) in [6.45, 7) is 4.40. The van der Waals surface area contributed by atoms with Gasteiger partial charge in [0.15, 0.2) is 5.65 Å². The minimum absolute atomic E-state index is 0.551. The second-order valence-corrected chi connectivity index (χ2v) is 8.78. The highest BCUT2D eigenvalue weighted by atomic mass is 35.5. The van der Waals surface area contributed by atoms with Gasteiger partial charge in [0.25, 0.3) is 0 Å². The highest BCUT2D eigenvalue weighted by molar-refractivity contribution is 6.33. The summed E-state index contributed by atoms with van der Waals surface area (Å²) >= 11 is 6.51. The first-order chi connectivity index (χ1) is 14.6. The maximum atomic E-state index is 6.51. The summed E-state index contributed by atoms with van der Waals surface area (Å²) in [4.78, 5) is 14.7. The van der Waals surface area contributed by atoms with Gasteiger partial charge in [-0.1, -0.05) is 36.2 Å². The Morgan fingerprint density at radius 1 is 1.00 bits per heavy atom. The first kappa shape index (κ1) is 19.6. The molecule has 2 aliphatic rings. The molecule has 0 spiro atoms. The van der Waals surface area contributed by atoms with Crippen LogP contribution in [0.4, 0.5) is 11.8 Å². The van der Waals surface area contributed by atoms with Gasteiger partial charge in [-0.15, -0.1) is 0 Å². The molecule has 3 aromatic rings. The normalized spacial score (nSPS) is 18.9. The van der Waals surface area contributed by atoms with E-state index in [4.69, 9.17) is 27.3 Å². The summed E-state index contributed by atoms with van der Waals surface area (Å²) in [5, 5.41) is 5.95. The van der Waals surface area contributed by atoms with Crippen molar-refractivity contribution in [3.05, 3.63) is 29.3 Å². The van der Waals surface area contributed by atoms with Gasteiger partial charge in [0, 0.05) is 36.8 Å². The van der Waals surface area contributed by atoms with Gasteiger partial charge in [-0.3, -0.25) is 4.68 Å². The molecule has 2 aromatic heterocycles. The monoisotopic (exact) mass is 425 g/mol. The smallest absolute Gasteiger partial charge is 0.228 e. The average Bonchev–Trinajstić information content (AvgIpc) is 3.08. The maximum Gasteiger partial charge on any atom is 0.228 e. The Labute approximate surface area is 181 Å². The Kier molecular flexibility index (Phi) is 5.25. The fourth-order valence-electron chi connectivity index (χ4n) is 4.81. The highest BCUT2D eigenvalue weighted by Crippen LogP contribution is 2.35. The average molecular weight is 426 g/mol. The number of piperidine rings is 2. The lowest BCUT2D eigenvalue weighted by Gasteiger charge is -2.40. The third kappa shape index (κ3) is 3.50. The molecule has 5 rings (SSSR count). The van der Waals surface area contributed by atoms with E-state index in [2.05, 4.69) is 14.9 Å². The van der Waals surface area contributed by atoms with Crippen LogP contribution < -0.4 is 10.6 Å². The second-order valence-electron chi connectivity index (χ2n) is 8.37. The van der Waals surface area contributed by atoms with E-state index in [0.29, 0.717) is 28.5 Å². The van der Waals surface area contributed by atoms with E-state index in [-0.39, 0.29) is 0 Å². The van der Waals surface area contributed by atoms with E-state index in [1.807, 2.05) is 31.3 Å². The molecule has 0 amide bonds. The van der Waals surface area contributed by atoms with Crippen LogP contribution in [-0.2, 0) is 7.05 Å². The van der Waals surface area contributed by atoms with Gasteiger partial charge in [0.2, 0.25) is 5.95 Å². The molecule has 0 unspecified atom stereocenters. The van der Waals surface area contributed by atoms with Gasteiger partial charge in [0.05, 0.1) is 11.1 Å². The first-order valence-corrected chi connectivity index (χ1v) is 11.2. The van der Waals surface area contributed by atoms with Crippen LogP contribution in [0.5, 0.6) is 0 Å². The zero-order valence-corrected chi connectivity index (χ0v) is 18.1. The summed E-state index contributed by atoms with van der Waals surface area (Å²) < 4.78 is 1.66. The number of benzene rings is 1. The topological polar surface area (TPSA) is 76.1 Å². The van der Waals surface area contributed by atoms with Crippen LogP contribution in [0.3, 0.4) is 0 Å². The number of fused-ring (bicyclic) bond motifs is 1. The van der Waals surface area contributed by atoms with Crippen molar-refractivity contribution in [1.29, 1.82) is 0 Å². The van der Waals surface area contributed by atoms with E-state index in [1.54, 1.807) is 4.68 Å². The van der Waals surface area contributed by atoms with E-state index in [9.17, 15) is 0 Å². The molecule has 1 aromatic carbocycles. The van der Waals surface area contributed by atoms with E-state index in [0.717, 1.165) is 42.6 Å². The predicted molar refractivity (Wildman–Crippen MR) is 122 cm³/mol. The molecule has 2 N–H and O–H groups in total. The Hall–Kier alpha value is -2.38. The van der Waals surface area contributed by atoms with Crippen molar-refractivity contribution in [2.45, 2.75) is 38.1 Å². The van der Waals surface area contributed by atoms with Crippen molar-refractivity contribution >= 4 is 34.4 Å². The molecule has 2 fully saturated rings. The SMILES string of the molecule is Cn1nc2nc(N3CCC(N4CCCCC4)CC3)nc(-c3ccccc3Cl)c2c1N. The van der Waals surface area contributed by atoms with Crippen molar-refractivity contribution in [1.82, 2.24) is 24.6 Å². The standard InChI is InChI=1S/C22H28ClN7/c1-28-20(24)18-19(16-7-3-4-8-17(16)23)25-22(26-21(18)27-28)30-13-9-15(10-14-30)29-11-5-2-6-12-29/h3-4,7-8,15H,2,5-6,9-14,24H2,1H3. The predicted octanol–water partition coefficient (Wildman–Crippen LogP) is 3.72. The number of rotatable bonds is 3. The summed E-state index contributed by atoms with van der Waals surface area (Å²) in [5.41, 5.74) is 8.54. The molecule has 0 aliphatic carbocycles. The van der Waals surface area contributed by atoms with Gasteiger partial charge in [0.1, 0.15) is 5.82 Å². The number of halogens is 1. The van der Waals surface area contributed by atoms with Crippen LogP contribution in [-0.4, -0.2) is 56.9 Å². The van der Waals surface area contributed by atoms with Gasteiger partial charge in [-0.2, -0.15) is 10.1 Å². The lowest BCUT2D eigenvalue weighted by Crippen LogP contribution is -2.47. The molecule has 30 heavy (non-hydrogen) atoms. The Bertz CT molecular complexity index is 1050. The van der Waals surface area contributed by atoms with Crippen molar-refractivity contribution in [2.75, 3.05) is 36.8 Å². The molecule has 0 bridgehead atoms. The molecular formula is C22H28ClN7. The molecule has 4 heterocycles. The van der Waals surface area contributed by atoms with Gasteiger partial charge in [-0.05, 0) is 44.8 Å². The molecule has 7 nitrogen and oxygen atoms in total. The van der Waals surface area contributed by atoms with Crippen molar-refractivity contribution < 1.29 is 0 Å². The number of aromatic nitrogens is 4. The molecule has 0 radical (unpaired) electrons. The number of nitrogens with zero attached hydrogens (tertiary/aromatic N) is 6. The number of nitrogens with two attached hydrogens (primary N) is 1. The Morgan fingerprint density at radius 2 is 1.73 bits per heavy atom. The molecule has 8 heteroatoms. The molecule has 2 saturated heterocycles. The third-order valence-corrected chi connectivity index (χ3v) is 6.84. The van der Waals surface area contributed by atoms with Crippen molar-refractivity contribution in [2.24, 2.45) is 7.05 Å². The lowest BCUT2D eigenvalue weighted by molar-refractivity contribution is 0.141. The van der Waals surface area contributed by atoms with Gasteiger partial charge < -0.3 is 15.5 Å². The molecule has 2 aliphatic heterocycles. The fourth-order valence-corrected chi connectivity index (χ4v) is 5.03. The minimum Gasteiger partial charge on any atom is -0.383 e. The first-order valence-electron chi connectivity index (χ1n) is 10.9. The van der Waals surface area contributed by atoms with Gasteiger partial charge in [-0.25, -0.2) is 4.98 Å². The Morgan fingerprint density at radius 3 is 2.47 bits per heavy atom. The van der Waals surface area contributed by atoms with Gasteiger partial charge >= 0.3 is 0 Å². The van der Waals surface area contributed by atoms with E-state index in [1.165, 1.54) is 32.4 Å². The summed E-state index contributed by atoms with van der Waals surface area (Å²) in [6.07, 6.45) is 6.34. The quantitative estimate of drug-likeness (QED) is 0.689. The molecule has 158 valence electrons. The summed E-state index contributed by atoms with van der Waals surface area (Å²) in [7, 11) is 1.83. The molecular weight excluding hydrogens is 398 g/mol. The molecule has 0 saturated carbocycles. The van der Waals surface area contributed by atoms with E-state index < -0.39 is 0 Å². The van der Waals surface area contributed by atoms with Crippen LogP contribution in [0.1, 0.15) is 32.1 Å². The number of aryl methyl sites for hydroxylation is 1. The number of hydrogen-bond donors (Lipinski definition) is 1. The summed E-state index contributed by atoms with van der Waals surface area (Å²) in [6, 6.07) is 8.41. The third-order valence-electron chi connectivity index (χ3n) is 6.51. The number of nitrogen functional groups attached to an aromatic ring is 1. The van der Waals surface area contributed by atoms with Crippen molar-refractivity contribution in [3.63, 3.8) is 0 Å². The van der Waals surface area contributed by atoms with Crippen LogP contribution >= 0.6 is 11.6 Å². The maximum absolute atomic E-state index is 6.51. The van der Waals surface area contributed by atoms with Crippen LogP contribution in [0.2, 0.25) is 5.02 Å². The largest absolute Gasteiger partial charge is 0.383 e. The summed E-state index contributed by atoms with van der Waals surface area (Å²) in [5.74, 6) is 1.27. The zero-order valence-electron chi connectivity index (χ0n) is 17.4.